The SMILES string of the molecule is CC(C)S[PH](=O)SC(C)C. The predicted molar refractivity (Wildman–Crippen MR) is 54.5 cm³/mol. The maximum Gasteiger partial charge on any atom is 0.180 e. The zero-order valence-corrected chi connectivity index (χ0v) is 9.51. The van der Waals surface area contributed by atoms with Crippen molar-refractivity contribution < 1.29 is 4.57 Å². The summed E-state index contributed by atoms with van der Waals surface area (Å²) in [6.07, 6.45) is -1.41. The molecule has 0 aromatic rings. The molecular weight excluding hydrogens is 183 g/mol. The minimum Gasteiger partial charge on any atom is -0.304 e. The van der Waals surface area contributed by atoms with Gasteiger partial charge in [0.25, 0.3) is 0 Å². The van der Waals surface area contributed by atoms with Crippen LogP contribution in [0.3, 0.4) is 0 Å². The van der Waals surface area contributed by atoms with Crippen molar-refractivity contribution in [2.45, 2.75) is 38.2 Å². The summed E-state index contributed by atoms with van der Waals surface area (Å²) in [6, 6.07) is 0. The van der Waals surface area contributed by atoms with Crippen LogP contribution in [0, 0.1) is 0 Å². The van der Waals surface area contributed by atoms with Crippen LogP contribution in [0.4, 0.5) is 0 Å². The third kappa shape index (κ3) is 7.04. The largest absolute Gasteiger partial charge is 0.304 e. The molecule has 0 aliphatic rings. The van der Waals surface area contributed by atoms with Crippen LogP contribution in [0.1, 0.15) is 27.7 Å². The van der Waals surface area contributed by atoms with Gasteiger partial charge in [-0.05, 0) is 0 Å². The zero-order valence-electron chi connectivity index (χ0n) is 6.88. The third-order valence-electron chi connectivity index (χ3n) is 0.664. The summed E-state index contributed by atoms with van der Waals surface area (Å²) in [6.45, 7) is 8.31. The lowest BCUT2D eigenvalue weighted by molar-refractivity contribution is 0.603. The van der Waals surface area contributed by atoms with Crippen molar-refractivity contribution in [2.24, 2.45) is 0 Å². The minimum absolute atomic E-state index is 0.498. The Bertz CT molecular complexity index is 102. The molecule has 0 aromatic carbocycles. The molecule has 62 valence electrons. The number of hydrogen-bond donors (Lipinski definition) is 0. The van der Waals surface area contributed by atoms with Crippen molar-refractivity contribution in [3.63, 3.8) is 0 Å². The highest BCUT2D eigenvalue weighted by Gasteiger charge is 2.05. The quantitative estimate of drug-likeness (QED) is 0.642. The molecule has 0 amide bonds. The van der Waals surface area contributed by atoms with Crippen molar-refractivity contribution in [3.05, 3.63) is 0 Å². The van der Waals surface area contributed by atoms with Gasteiger partial charge < -0.3 is 4.57 Å². The van der Waals surface area contributed by atoms with Gasteiger partial charge in [0.05, 0.1) is 0 Å². The highest BCUT2D eigenvalue weighted by Crippen LogP contribution is 2.53. The summed E-state index contributed by atoms with van der Waals surface area (Å²) in [4.78, 5) is 0. The number of hydrogen-bond acceptors (Lipinski definition) is 3. The molecule has 0 saturated heterocycles. The average molecular weight is 198 g/mol. The highest BCUT2D eigenvalue weighted by atomic mass is 33.1. The Morgan fingerprint density at radius 1 is 1.00 bits per heavy atom. The van der Waals surface area contributed by atoms with E-state index in [1.54, 1.807) is 22.8 Å². The molecule has 0 atom stereocenters. The van der Waals surface area contributed by atoms with E-state index in [0.717, 1.165) is 0 Å². The van der Waals surface area contributed by atoms with Crippen LogP contribution < -0.4 is 0 Å². The van der Waals surface area contributed by atoms with Crippen LogP contribution >= 0.6 is 29.0 Å². The molecule has 0 saturated carbocycles. The lowest BCUT2D eigenvalue weighted by atomic mass is 10.6. The van der Waals surface area contributed by atoms with Gasteiger partial charge in [-0.2, -0.15) is 0 Å². The second kappa shape index (κ2) is 5.56. The van der Waals surface area contributed by atoms with Crippen LogP contribution in [-0.4, -0.2) is 10.5 Å². The first-order valence-electron chi connectivity index (χ1n) is 3.39. The van der Waals surface area contributed by atoms with Crippen LogP contribution in [0.15, 0.2) is 0 Å². The fraction of sp³-hybridized carbons (Fsp3) is 1.00. The van der Waals surface area contributed by atoms with E-state index in [-0.39, 0.29) is 0 Å². The summed E-state index contributed by atoms with van der Waals surface area (Å²) in [5.41, 5.74) is 0. The van der Waals surface area contributed by atoms with Crippen LogP contribution in [-0.2, 0) is 4.57 Å². The van der Waals surface area contributed by atoms with Gasteiger partial charge in [0, 0.05) is 10.5 Å². The Hall–Kier alpha value is 0.930. The fourth-order valence-electron chi connectivity index (χ4n) is 0.413. The lowest BCUT2D eigenvalue weighted by Crippen LogP contribution is -1.83. The van der Waals surface area contributed by atoms with Crippen LogP contribution in [0.5, 0.6) is 0 Å². The Labute approximate surface area is 72.0 Å². The molecule has 10 heavy (non-hydrogen) atoms. The molecule has 0 aliphatic heterocycles. The minimum atomic E-state index is -1.41. The monoisotopic (exact) mass is 198 g/mol. The molecule has 4 heteroatoms. The zero-order chi connectivity index (χ0) is 8.15. The van der Waals surface area contributed by atoms with Crippen molar-refractivity contribution >= 4 is 29.0 Å². The summed E-state index contributed by atoms with van der Waals surface area (Å²) in [5.74, 6) is 0. The topological polar surface area (TPSA) is 17.1 Å². The van der Waals surface area contributed by atoms with Crippen LogP contribution in [0.2, 0.25) is 0 Å². The number of rotatable bonds is 4. The van der Waals surface area contributed by atoms with E-state index < -0.39 is 6.20 Å². The summed E-state index contributed by atoms with van der Waals surface area (Å²) >= 11 is 3.18. The molecule has 0 spiro atoms. The molecule has 0 heterocycles. The summed E-state index contributed by atoms with van der Waals surface area (Å²) in [7, 11) is 0. The Kier molecular flexibility index (Phi) is 6.08. The van der Waals surface area contributed by atoms with Crippen LogP contribution in [0.25, 0.3) is 0 Å². The van der Waals surface area contributed by atoms with Crippen molar-refractivity contribution in [1.82, 2.24) is 0 Å². The first-order chi connectivity index (χ1) is 4.52. The van der Waals surface area contributed by atoms with Gasteiger partial charge in [-0.15, -0.1) is 0 Å². The molecule has 0 rings (SSSR count). The Morgan fingerprint density at radius 2 is 1.30 bits per heavy atom. The predicted octanol–water partition coefficient (Wildman–Crippen LogP) is 3.66. The first kappa shape index (κ1) is 10.9. The molecule has 0 aromatic heterocycles. The molecule has 0 fully saturated rings. The molecule has 1 nitrogen and oxygen atoms in total. The van der Waals surface area contributed by atoms with E-state index in [4.69, 9.17) is 0 Å². The van der Waals surface area contributed by atoms with Gasteiger partial charge in [-0.3, -0.25) is 0 Å². The van der Waals surface area contributed by atoms with Gasteiger partial charge in [0.2, 0.25) is 0 Å². The molecular formula is C6H15OPS2. The highest BCUT2D eigenvalue weighted by molar-refractivity contribution is 8.84. The van der Waals surface area contributed by atoms with Crippen molar-refractivity contribution in [3.8, 4) is 0 Å². The normalized spacial score (nSPS) is 11.9. The van der Waals surface area contributed by atoms with E-state index in [0.29, 0.717) is 10.5 Å². The Morgan fingerprint density at radius 3 is 1.50 bits per heavy atom. The van der Waals surface area contributed by atoms with E-state index in [2.05, 4.69) is 27.7 Å². The second-order valence-corrected chi connectivity index (χ2v) is 9.85. The average Bonchev–Trinajstić information content (AvgIpc) is 1.58. The fourth-order valence-corrected chi connectivity index (χ4v) is 7.68. The van der Waals surface area contributed by atoms with Crippen molar-refractivity contribution in [2.75, 3.05) is 0 Å². The maximum absolute atomic E-state index is 11.2. The van der Waals surface area contributed by atoms with Gasteiger partial charge in [-0.1, -0.05) is 50.5 Å². The van der Waals surface area contributed by atoms with Gasteiger partial charge in [0.15, 0.2) is 6.20 Å². The lowest BCUT2D eigenvalue weighted by Gasteiger charge is -2.05. The first-order valence-corrected chi connectivity index (χ1v) is 8.01. The van der Waals surface area contributed by atoms with Gasteiger partial charge >= 0.3 is 0 Å². The van der Waals surface area contributed by atoms with E-state index in [9.17, 15) is 4.57 Å². The van der Waals surface area contributed by atoms with Crippen molar-refractivity contribution in [1.29, 1.82) is 0 Å². The second-order valence-electron chi connectivity index (χ2n) is 2.58. The summed E-state index contributed by atoms with van der Waals surface area (Å²) < 4.78 is 11.2. The van der Waals surface area contributed by atoms with Gasteiger partial charge in [0.1, 0.15) is 0 Å². The van der Waals surface area contributed by atoms with E-state index in [1.807, 2.05) is 0 Å². The Balaban J connectivity index is 3.44. The smallest absolute Gasteiger partial charge is 0.180 e. The molecule has 0 N–H and O–H groups in total. The molecule has 0 bridgehead atoms. The van der Waals surface area contributed by atoms with E-state index in [1.165, 1.54) is 0 Å². The molecule has 0 radical (unpaired) electrons. The third-order valence-corrected chi connectivity index (χ3v) is 7.71. The molecule has 0 unspecified atom stereocenters. The summed E-state index contributed by atoms with van der Waals surface area (Å²) in [5, 5.41) is 0.996. The van der Waals surface area contributed by atoms with E-state index >= 15 is 0 Å². The standard InChI is InChI=1S/C6H15OPS2/c1-5(2)9-8(7)10-6(3)4/h5-6,8H,1-4H3. The maximum atomic E-state index is 11.2. The van der Waals surface area contributed by atoms with Gasteiger partial charge in [-0.25, -0.2) is 0 Å². The molecule has 0 aliphatic carbocycles.